The van der Waals surface area contributed by atoms with Crippen LogP contribution in [0.4, 0.5) is 0 Å². The average Bonchev–Trinajstić information content (AvgIpc) is 0.913. The van der Waals surface area contributed by atoms with Crippen molar-refractivity contribution >= 4 is 19.8 Å². The van der Waals surface area contributed by atoms with E-state index in [2.05, 4.69) is 62.5 Å². The van der Waals surface area contributed by atoms with E-state index in [0.717, 1.165) is 44.9 Å². The highest BCUT2D eigenvalue weighted by Gasteiger charge is 2.27. The van der Waals surface area contributed by atoms with E-state index in [0.29, 0.717) is 23.9 Å². The third-order valence-corrected chi connectivity index (χ3v) is 21.8. The smallest absolute Gasteiger partial charge is 0.462 e. The van der Waals surface area contributed by atoms with E-state index >= 15 is 0 Å². The monoisotopic (exact) mass is 1460 g/mol. The van der Waals surface area contributed by atoms with Gasteiger partial charge in [-0.1, -0.05) is 435 Å². The predicted octanol–water partition coefficient (Wildman–Crippen LogP) is 30.6. The lowest BCUT2D eigenvalue weighted by atomic mass is 10.0. The fourth-order valence-corrected chi connectivity index (χ4v) is 14.7. The summed E-state index contributed by atoms with van der Waals surface area (Å²) in [5.74, 6) is -0.769. The van der Waals surface area contributed by atoms with Crippen molar-refractivity contribution in [2.45, 2.75) is 482 Å². The number of nitrogens with zero attached hydrogens (tertiary/aromatic N) is 1. The zero-order valence-corrected chi connectivity index (χ0v) is 70.0. The minimum Gasteiger partial charge on any atom is -0.462 e. The Hall–Kier alpha value is -2.03. The Bertz CT molecular complexity index is 1860. The molecule has 0 aliphatic carbocycles. The van der Waals surface area contributed by atoms with Gasteiger partial charge in [-0.2, -0.15) is 0 Å². The van der Waals surface area contributed by atoms with Crippen molar-refractivity contribution in [3.05, 3.63) is 48.6 Å². The molecule has 10 heteroatoms. The lowest BCUT2D eigenvalue weighted by molar-refractivity contribution is -0.870. The van der Waals surface area contributed by atoms with Crippen LogP contribution in [0.25, 0.3) is 0 Å². The third-order valence-electron chi connectivity index (χ3n) is 20.8. The van der Waals surface area contributed by atoms with Crippen molar-refractivity contribution in [2.24, 2.45) is 0 Å². The molecule has 0 spiro atoms. The normalized spacial score (nSPS) is 13.1. The molecule has 0 saturated heterocycles. The van der Waals surface area contributed by atoms with Gasteiger partial charge in [0, 0.05) is 12.8 Å². The van der Waals surface area contributed by atoms with Crippen LogP contribution in [-0.2, 0) is 32.7 Å². The van der Waals surface area contributed by atoms with Crippen LogP contribution in [0.5, 0.6) is 0 Å². The van der Waals surface area contributed by atoms with Gasteiger partial charge in [0.1, 0.15) is 19.8 Å². The molecule has 9 nitrogen and oxygen atoms in total. The minimum absolute atomic E-state index is 0.0351. The highest BCUT2D eigenvalue weighted by Crippen LogP contribution is 2.43. The molecule has 0 saturated carbocycles. The summed E-state index contributed by atoms with van der Waals surface area (Å²) in [5, 5.41) is 0. The minimum atomic E-state index is -4.40. The number of esters is 2. The molecular formula is C92H177NO8P+. The van der Waals surface area contributed by atoms with Gasteiger partial charge in [0.05, 0.1) is 27.7 Å². The van der Waals surface area contributed by atoms with Crippen molar-refractivity contribution < 1.29 is 42.1 Å². The zero-order chi connectivity index (χ0) is 74.0. The zero-order valence-electron chi connectivity index (χ0n) is 69.1. The van der Waals surface area contributed by atoms with Gasteiger partial charge >= 0.3 is 19.8 Å². The molecule has 0 amide bonds. The standard InChI is InChI=1S/C92H176NO8P/c1-6-8-10-12-14-16-18-20-22-24-26-28-30-32-34-36-38-40-42-44-45-46-47-49-50-52-54-56-58-60-62-64-66-68-70-72-74-76-78-80-82-84-91(94)98-88-90(89-100-102(96,97)99-87-86-93(3,4)5)101-92(95)85-83-81-79-77-75-73-71-69-67-65-63-61-59-57-55-53-51-48-43-41-39-37-35-33-31-29-27-25-23-21-19-17-15-13-11-9-7-2/h19,21,24-27,31,33,90H,6-18,20,22-23,28-30,32,34-89H2,1-5H3/p+1/b21-19-,26-24-,27-25-,33-31-. The molecule has 1 N–H and O–H groups in total. The Morgan fingerprint density at radius 2 is 0.529 bits per heavy atom. The number of phosphoric ester groups is 1. The maximum Gasteiger partial charge on any atom is 0.472 e. The molecule has 0 aromatic carbocycles. The van der Waals surface area contributed by atoms with Crippen LogP contribution < -0.4 is 0 Å². The van der Waals surface area contributed by atoms with Gasteiger partial charge in [-0.05, 0) is 77.0 Å². The van der Waals surface area contributed by atoms with Crippen molar-refractivity contribution in [1.29, 1.82) is 0 Å². The van der Waals surface area contributed by atoms with E-state index in [1.807, 2.05) is 21.1 Å². The Morgan fingerprint density at radius 1 is 0.304 bits per heavy atom. The van der Waals surface area contributed by atoms with Crippen LogP contribution >= 0.6 is 7.82 Å². The predicted molar refractivity (Wildman–Crippen MR) is 446 cm³/mol. The first kappa shape index (κ1) is 100.0. The van der Waals surface area contributed by atoms with Crippen LogP contribution in [0, 0.1) is 0 Å². The summed E-state index contributed by atoms with van der Waals surface area (Å²) in [4.78, 5) is 36.1. The van der Waals surface area contributed by atoms with Crippen LogP contribution in [0.3, 0.4) is 0 Å². The second-order valence-corrected chi connectivity index (χ2v) is 33.8. The summed E-state index contributed by atoms with van der Waals surface area (Å²) in [6.45, 7) is 4.51. The van der Waals surface area contributed by atoms with Crippen LogP contribution in [0.15, 0.2) is 48.6 Å². The number of hydrogen-bond acceptors (Lipinski definition) is 7. The molecule has 0 aliphatic heterocycles. The molecule has 0 bridgehead atoms. The summed E-state index contributed by atoms with van der Waals surface area (Å²) >= 11 is 0. The molecule has 0 aromatic heterocycles. The maximum atomic E-state index is 12.9. The fourth-order valence-electron chi connectivity index (χ4n) is 13.9. The number of quaternary nitrogens is 1. The number of hydrogen-bond donors (Lipinski definition) is 1. The number of carbonyl (C=O) groups excluding carboxylic acids is 2. The molecule has 0 fully saturated rings. The van der Waals surface area contributed by atoms with Crippen LogP contribution in [0.2, 0.25) is 0 Å². The summed E-state index contributed by atoms with van der Waals surface area (Å²) < 4.78 is 34.9. The largest absolute Gasteiger partial charge is 0.472 e. The van der Waals surface area contributed by atoms with Crippen molar-refractivity contribution in [1.82, 2.24) is 0 Å². The summed E-state index contributed by atoms with van der Waals surface area (Å²) in [7, 11) is 1.50. The quantitative estimate of drug-likeness (QED) is 0.0211. The summed E-state index contributed by atoms with van der Waals surface area (Å²) in [6, 6.07) is 0. The molecule has 102 heavy (non-hydrogen) atoms. The average molecular weight is 1460 g/mol. The van der Waals surface area contributed by atoms with E-state index in [1.165, 1.54) is 398 Å². The first-order valence-corrected chi connectivity index (χ1v) is 46.9. The van der Waals surface area contributed by atoms with E-state index < -0.39 is 26.5 Å². The molecule has 0 aromatic rings. The number of phosphoric acid groups is 1. The van der Waals surface area contributed by atoms with Crippen LogP contribution in [0.1, 0.15) is 476 Å². The molecule has 2 atom stereocenters. The van der Waals surface area contributed by atoms with E-state index in [1.54, 1.807) is 0 Å². The topological polar surface area (TPSA) is 108 Å². The Morgan fingerprint density at radius 3 is 0.794 bits per heavy atom. The van der Waals surface area contributed by atoms with Gasteiger partial charge in [-0.25, -0.2) is 4.57 Å². The highest BCUT2D eigenvalue weighted by atomic mass is 31.2. The molecule has 0 heterocycles. The van der Waals surface area contributed by atoms with E-state index in [4.69, 9.17) is 18.5 Å². The second kappa shape index (κ2) is 83.0. The first-order valence-electron chi connectivity index (χ1n) is 45.4. The van der Waals surface area contributed by atoms with Crippen LogP contribution in [-0.4, -0.2) is 74.9 Å². The summed E-state index contributed by atoms with van der Waals surface area (Å²) in [6.07, 6.45) is 112. The first-order chi connectivity index (χ1) is 50.0. The van der Waals surface area contributed by atoms with Gasteiger partial charge in [0.15, 0.2) is 6.10 Å². The van der Waals surface area contributed by atoms with Gasteiger partial charge in [0.2, 0.25) is 0 Å². The second-order valence-electron chi connectivity index (χ2n) is 32.3. The molecular weight excluding hydrogens is 1280 g/mol. The number of likely N-dealkylation sites (N-methyl/N-ethyl adjacent to an activating group) is 1. The molecule has 2 unspecified atom stereocenters. The van der Waals surface area contributed by atoms with E-state index in [-0.39, 0.29) is 25.6 Å². The summed E-state index contributed by atoms with van der Waals surface area (Å²) in [5.41, 5.74) is 0. The SMILES string of the molecule is CCCCCCC/C=C\C/C=C\C/C=C\CCCCCCCCCCCCCCCCCCCCCCCCC(=O)OC(COC(=O)CCCCCCCCCCCCCCCCCCCCCCCCCCCCCCC/C=C\CCCCCCCCCC)COP(=O)(O)OCC[N+](C)(C)C. The van der Waals surface area contributed by atoms with Crippen molar-refractivity contribution in [3.63, 3.8) is 0 Å². The Labute approximate surface area is 636 Å². The molecule has 0 rings (SSSR count). The molecule has 602 valence electrons. The van der Waals surface area contributed by atoms with Gasteiger partial charge in [-0.3, -0.25) is 18.6 Å². The maximum absolute atomic E-state index is 12.9. The molecule has 0 aliphatic rings. The third kappa shape index (κ3) is 86.9. The van der Waals surface area contributed by atoms with Crippen molar-refractivity contribution in [3.8, 4) is 0 Å². The number of rotatable bonds is 86. The highest BCUT2D eigenvalue weighted by molar-refractivity contribution is 7.47. The number of carbonyl (C=O) groups is 2. The van der Waals surface area contributed by atoms with Gasteiger partial charge in [0.25, 0.3) is 0 Å². The number of allylic oxidation sites excluding steroid dienone is 8. The number of ether oxygens (including phenoxy) is 2. The molecule has 0 radical (unpaired) electrons. The van der Waals surface area contributed by atoms with Crippen molar-refractivity contribution in [2.75, 3.05) is 47.5 Å². The Balaban J connectivity index is 3.83. The lowest BCUT2D eigenvalue weighted by Gasteiger charge is -2.24. The lowest BCUT2D eigenvalue weighted by Crippen LogP contribution is -2.37. The van der Waals surface area contributed by atoms with Gasteiger partial charge in [-0.15, -0.1) is 0 Å². The van der Waals surface area contributed by atoms with E-state index in [9.17, 15) is 19.0 Å². The van der Waals surface area contributed by atoms with Gasteiger partial charge < -0.3 is 18.9 Å². The Kier molecular flexibility index (Phi) is 81.4. The fraction of sp³-hybridized carbons (Fsp3) is 0.891. The number of unbranched alkanes of at least 4 members (excludes halogenated alkanes) is 64.